The van der Waals surface area contributed by atoms with Crippen molar-refractivity contribution in [3.8, 4) is 0 Å². The van der Waals surface area contributed by atoms with Crippen molar-refractivity contribution in [3.05, 3.63) is 75.8 Å². The number of nitrogens with zero attached hydrogens (tertiary/aromatic N) is 2. The van der Waals surface area contributed by atoms with Gasteiger partial charge in [-0.05, 0) is 62.0 Å². The SMILES string of the molecule is Cc1cc(C(=O)N2CCN(C)CC2)[nH]c1/C=C1\C(=O)Nc2cccc(Nc3ccc(F)c(Cl)c3)c21. The highest BCUT2D eigenvalue weighted by Gasteiger charge is 2.28. The van der Waals surface area contributed by atoms with E-state index in [4.69, 9.17) is 11.6 Å². The number of fused-ring (bicyclic) bond motifs is 1. The molecule has 0 unspecified atom stereocenters. The zero-order chi connectivity index (χ0) is 24.7. The molecule has 9 heteroatoms. The molecular formula is C26H25ClFN5O2. The molecule has 2 aliphatic rings. The molecule has 3 heterocycles. The molecular weight excluding hydrogens is 469 g/mol. The van der Waals surface area contributed by atoms with Crippen LogP contribution in [0.5, 0.6) is 0 Å². The zero-order valence-corrected chi connectivity index (χ0v) is 20.2. The van der Waals surface area contributed by atoms with Gasteiger partial charge in [0, 0.05) is 48.8 Å². The molecule has 3 aromatic rings. The Morgan fingerprint density at radius 1 is 1.14 bits per heavy atom. The van der Waals surface area contributed by atoms with E-state index in [9.17, 15) is 14.0 Å². The van der Waals surface area contributed by atoms with E-state index in [-0.39, 0.29) is 16.8 Å². The molecule has 7 nitrogen and oxygen atoms in total. The smallest absolute Gasteiger partial charge is 0.270 e. The average molecular weight is 494 g/mol. The number of benzene rings is 2. The van der Waals surface area contributed by atoms with Crippen LogP contribution in [0, 0.1) is 12.7 Å². The monoisotopic (exact) mass is 493 g/mol. The molecule has 0 spiro atoms. The minimum Gasteiger partial charge on any atom is -0.355 e. The van der Waals surface area contributed by atoms with E-state index in [0.29, 0.717) is 52.7 Å². The number of amides is 2. The van der Waals surface area contributed by atoms with E-state index < -0.39 is 5.82 Å². The van der Waals surface area contributed by atoms with Gasteiger partial charge < -0.3 is 25.4 Å². The summed E-state index contributed by atoms with van der Waals surface area (Å²) in [4.78, 5) is 33.2. The standard InChI is InChI=1S/C26H25ClFN5O2/c1-15-12-23(26(35)33-10-8-32(2)9-11-33)30-22(15)14-17-24-20(4-3-5-21(24)31-25(17)34)29-16-6-7-19(28)18(27)13-16/h3-7,12-14,29-30H,8-11H2,1-2H3,(H,31,34)/b17-14-. The van der Waals surface area contributed by atoms with Crippen LogP contribution >= 0.6 is 11.6 Å². The largest absolute Gasteiger partial charge is 0.355 e. The number of carbonyl (C=O) groups is 2. The van der Waals surface area contributed by atoms with Gasteiger partial charge >= 0.3 is 0 Å². The van der Waals surface area contributed by atoms with E-state index in [0.717, 1.165) is 18.7 Å². The van der Waals surface area contributed by atoms with Gasteiger partial charge in [-0.3, -0.25) is 9.59 Å². The summed E-state index contributed by atoms with van der Waals surface area (Å²) in [6.07, 6.45) is 1.76. The Bertz CT molecular complexity index is 1360. The van der Waals surface area contributed by atoms with Crippen LogP contribution < -0.4 is 10.6 Å². The summed E-state index contributed by atoms with van der Waals surface area (Å²) in [6, 6.07) is 11.7. The molecule has 3 N–H and O–H groups in total. The van der Waals surface area contributed by atoms with Crippen LogP contribution in [0.3, 0.4) is 0 Å². The van der Waals surface area contributed by atoms with Crippen LogP contribution in [-0.2, 0) is 4.79 Å². The second-order valence-electron chi connectivity index (χ2n) is 8.87. The van der Waals surface area contributed by atoms with Gasteiger partial charge in [-0.2, -0.15) is 0 Å². The number of aryl methyl sites for hydroxylation is 1. The van der Waals surface area contributed by atoms with Crippen molar-refractivity contribution in [2.45, 2.75) is 6.92 Å². The normalized spacial score (nSPS) is 17.0. The second-order valence-corrected chi connectivity index (χ2v) is 9.28. The number of H-pyrrole nitrogens is 1. The Kier molecular flexibility index (Phi) is 6.08. The lowest BCUT2D eigenvalue weighted by Crippen LogP contribution is -2.47. The minimum atomic E-state index is -0.503. The first kappa shape index (κ1) is 23.1. The van der Waals surface area contributed by atoms with E-state index in [2.05, 4.69) is 20.5 Å². The summed E-state index contributed by atoms with van der Waals surface area (Å²) < 4.78 is 13.6. The average Bonchev–Trinajstić information content (AvgIpc) is 3.36. The van der Waals surface area contributed by atoms with Crippen LogP contribution in [0.15, 0.2) is 42.5 Å². The van der Waals surface area contributed by atoms with Crippen LogP contribution in [0.4, 0.5) is 21.5 Å². The van der Waals surface area contributed by atoms with Crippen LogP contribution in [0.2, 0.25) is 5.02 Å². The Balaban J connectivity index is 1.47. The highest BCUT2D eigenvalue weighted by molar-refractivity contribution is 6.36. The third kappa shape index (κ3) is 4.54. The quantitative estimate of drug-likeness (QED) is 0.459. The molecule has 180 valence electrons. The summed E-state index contributed by atoms with van der Waals surface area (Å²) in [5.74, 6) is -0.790. The first-order valence-electron chi connectivity index (χ1n) is 11.4. The first-order valence-corrected chi connectivity index (χ1v) is 11.7. The molecule has 2 aliphatic heterocycles. The fraction of sp³-hybridized carbons (Fsp3) is 0.231. The van der Waals surface area contributed by atoms with Gasteiger partial charge in [-0.25, -0.2) is 4.39 Å². The van der Waals surface area contributed by atoms with Crippen molar-refractivity contribution in [2.75, 3.05) is 43.9 Å². The summed E-state index contributed by atoms with van der Waals surface area (Å²) in [5, 5.41) is 6.13. The molecule has 2 aromatic carbocycles. The van der Waals surface area contributed by atoms with E-state index in [1.54, 1.807) is 12.1 Å². The highest BCUT2D eigenvalue weighted by atomic mass is 35.5. The molecule has 1 fully saturated rings. The summed E-state index contributed by atoms with van der Waals surface area (Å²) in [7, 11) is 2.04. The zero-order valence-electron chi connectivity index (χ0n) is 19.4. The molecule has 0 aliphatic carbocycles. The van der Waals surface area contributed by atoms with Crippen molar-refractivity contribution in [1.82, 2.24) is 14.8 Å². The Morgan fingerprint density at radius 2 is 1.91 bits per heavy atom. The molecule has 0 saturated carbocycles. The maximum absolute atomic E-state index is 13.6. The summed E-state index contributed by atoms with van der Waals surface area (Å²) >= 11 is 5.93. The van der Waals surface area contributed by atoms with Gasteiger partial charge in [-0.15, -0.1) is 0 Å². The van der Waals surface area contributed by atoms with Crippen LogP contribution in [0.1, 0.15) is 27.3 Å². The Labute approximate surface area is 207 Å². The molecule has 5 rings (SSSR count). The lowest BCUT2D eigenvalue weighted by atomic mass is 10.0. The fourth-order valence-electron chi connectivity index (χ4n) is 4.38. The third-order valence-electron chi connectivity index (χ3n) is 6.39. The number of hydrogen-bond donors (Lipinski definition) is 3. The highest BCUT2D eigenvalue weighted by Crippen LogP contribution is 2.40. The van der Waals surface area contributed by atoms with Gasteiger partial charge in [-0.1, -0.05) is 17.7 Å². The van der Waals surface area contributed by atoms with Crippen LogP contribution in [-0.4, -0.2) is 59.8 Å². The number of likely N-dealkylation sites (N-methyl/N-ethyl adjacent to an activating group) is 1. The predicted octanol–water partition coefficient (Wildman–Crippen LogP) is 4.74. The molecule has 0 bridgehead atoms. The molecule has 0 atom stereocenters. The fourth-order valence-corrected chi connectivity index (χ4v) is 4.57. The number of aromatic amines is 1. The van der Waals surface area contributed by atoms with Crippen molar-refractivity contribution in [2.24, 2.45) is 0 Å². The van der Waals surface area contributed by atoms with Crippen molar-refractivity contribution in [1.29, 1.82) is 0 Å². The number of piperazine rings is 1. The predicted molar refractivity (Wildman–Crippen MR) is 137 cm³/mol. The Morgan fingerprint density at radius 3 is 2.66 bits per heavy atom. The van der Waals surface area contributed by atoms with Gasteiger partial charge in [0.15, 0.2) is 0 Å². The van der Waals surface area contributed by atoms with Crippen LogP contribution in [0.25, 0.3) is 11.6 Å². The minimum absolute atomic E-state index is 0.00657. The molecule has 1 saturated heterocycles. The van der Waals surface area contributed by atoms with E-state index in [1.165, 1.54) is 12.1 Å². The number of halogens is 2. The lowest BCUT2D eigenvalue weighted by molar-refractivity contribution is -0.110. The number of carbonyl (C=O) groups excluding carboxylic acids is 2. The molecule has 0 radical (unpaired) electrons. The van der Waals surface area contributed by atoms with Gasteiger partial charge in [0.05, 0.1) is 16.3 Å². The van der Waals surface area contributed by atoms with Gasteiger partial charge in [0.25, 0.3) is 11.8 Å². The van der Waals surface area contributed by atoms with Crippen molar-refractivity contribution in [3.63, 3.8) is 0 Å². The number of hydrogen-bond acceptors (Lipinski definition) is 4. The number of nitrogens with one attached hydrogen (secondary N) is 3. The van der Waals surface area contributed by atoms with Crippen molar-refractivity contribution < 1.29 is 14.0 Å². The van der Waals surface area contributed by atoms with Gasteiger partial charge in [0.1, 0.15) is 11.5 Å². The third-order valence-corrected chi connectivity index (χ3v) is 6.68. The summed E-state index contributed by atoms with van der Waals surface area (Å²) in [5.41, 5.74) is 5.15. The number of aromatic nitrogens is 1. The molecule has 35 heavy (non-hydrogen) atoms. The second kappa shape index (κ2) is 9.20. The topological polar surface area (TPSA) is 80.5 Å². The maximum atomic E-state index is 13.6. The van der Waals surface area contributed by atoms with Gasteiger partial charge in [0.2, 0.25) is 0 Å². The Hall–Kier alpha value is -3.62. The van der Waals surface area contributed by atoms with Crippen molar-refractivity contribution >= 4 is 52.1 Å². The number of rotatable bonds is 4. The number of anilines is 3. The molecule has 2 amide bonds. The summed E-state index contributed by atoms with van der Waals surface area (Å²) in [6.45, 7) is 4.95. The molecule has 1 aromatic heterocycles. The first-order chi connectivity index (χ1) is 16.8. The lowest BCUT2D eigenvalue weighted by Gasteiger charge is -2.32. The van der Waals surface area contributed by atoms with E-state index in [1.807, 2.05) is 43.1 Å². The maximum Gasteiger partial charge on any atom is 0.270 e. The van der Waals surface area contributed by atoms with E-state index >= 15 is 0 Å².